The van der Waals surface area contributed by atoms with Crippen molar-refractivity contribution in [1.29, 1.82) is 0 Å². The predicted molar refractivity (Wildman–Crippen MR) is 88.2 cm³/mol. The summed E-state index contributed by atoms with van der Waals surface area (Å²) in [5.41, 5.74) is 5.75. The normalized spacial score (nSPS) is 30.3. The Bertz CT molecular complexity index is 566. The maximum atomic E-state index is 11.6. The lowest BCUT2D eigenvalue weighted by atomic mass is 9.82. The van der Waals surface area contributed by atoms with Gasteiger partial charge in [-0.3, -0.25) is 4.79 Å². The van der Waals surface area contributed by atoms with E-state index < -0.39 is 5.91 Å². The summed E-state index contributed by atoms with van der Waals surface area (Å²) in [6, 6.07) is 0.602. The van der Waals surface area contributed by atoms with Gasteiger partial charge in [-0.25, -0.2) is 4.98 Å². The first-order valence-corrected chi connectivity index (χ1v) is 8.39. The molecule has 7 nitrogen and oxygen atoms in total. The van der Waals surface area contributed by atoms with Crippen molar-refractivity contribution < 1.29 is 9.90 Å². The lowest BCUT2D eigenvalue weighted by Crippen LogP contribution is -2.35. The standard InChI is InChI=1S/C16H25N5O2/c1-9-6-11(7-9)19-15-13(14(17)23)8-18-16(21-15)20-10-2-4-12(22)5-3-10/h8-12,22H,2-7H2,1H3,(H2,17,23)(H2,18,19,20,21)/t9?,10-,11?,12-. The fourth-order valence-corrected chi connectivity index (χ4v) is 3.36. The van der Waals surface area contributed by atoms with E-state index in [0.29, 0.717) is 29.3 Å². The first kappa shape index (κ1) is 16.0. The van der Waals surface area contributed by atoms with Crippen LogP contribution in [0, 0.1) is 5.92 Å². The van der Waals surface area contributed by atoms with Crippen LogP contribution >= 0.6 is 0 Å². The number of amides is 1. The average molecular weight is 319 g/mol. The van der Waals surface area contributed by atoms with Crippen molar-refractivity contribution in [3.63, 3.8) is 0 Å². The Kier molecular flexibility index (Phi) is 4.66. The van der Waals surface area contributed by atoms with Gasteiger partial charge in [-0.05, 0) is 44.4 Å². The van der Waals surface area contributed by atoms with Crippen LogP contribution < -0.4 is 16.4 Å². The van der Waals surface area contributed by atoms with E-state index in [1.165, 1.54) is 6.20 Å². The summed E-state index contributed by atoms with van der Waals surface area (Å²) < 4.78 is 0. The number of hydrogen-bond acceptors (Lipinski definition) is 6. The summed E-state index contributed by atoms with van der Waals surface area (Å²) in [5.74, 6) is 1.21. The van der Waals surface area contributed by atoms with E-state index in [0.717, 1.165) is 38.5 Å². The first-order chi connectivity index (χ1) is 11.0. The zero-order chi connectivity index (χ0) is 16.4. The number of primary amides is 1. The molecule has 1 amide bonds. The van der Waals surface area contributed by atoms with Gasteiger partial charge in [-0.15, -0.1) is 0 Å². The van der Waals surface area contributed by atoms with Crippen molar-refractivity contribution in [2.75, 3.05) is 10.6 Å². The molecular formula is C16H25N5O2. The number of rotatable bonds is 5. The van der Waals surface area contributed by atoms with Gasteiger partial charge in [-0.1, -0.05) is 6.92 Å². The number of hydrogen-bond donors (Lipinski definition) is 4. The van der Waals surface area contributed by atoms with Gasteiger partial charge in [0.25, 0.3) is 5.91 Å². The highest BCUT2D eigenvalue weighted by Crippen LogP contribution is 2.30. The summed E-state index contributed by atoms with van der Waals surface area (Å²) in [5, 5.41) is 16.2. The molecule has 3 rings (SSSR count). The Labute approximate surface area is 136 Å². The van der Waals surface area contributed by atoms with Crippen LogP contribution in [0.25, 0.3) is 0 Å². The Morgan fingerprint density at radius 1 is 1.22 bits per heavy atom. The molecule has 0 aliphatic heterocycles. The monoisotopic (exact) mass is 319 g/mol. The third-order valence-electron chi connectivity index (χ3n) is 4.80. The van der Waals surface area contributed by atoms with Crippen LogP contribution in [0.5, 0.6) is 0 Å². The number of aliphatic hydroxyl groups excluding tert-OH is 1. The molecule has 2 fully saturated rings. The van der Waals surface area contributed by atoms with Gasteiger partial charge < -0.3 is 21.5 Å². The van der Waals surface area contributed by atoms with E-state index in [-0.39, 0.29) is 12.1 Å². The van der Waals surface area contributed by atoms with Gasteiger partial charge in [0.2, 0.25) is 5.95 Å². The molecule has 0 saturated heterocycles. The quantitative estimate of drug-likeness (QED) is 0.654. The van der Waals surface area contributed by atoms with Gasteiger partial charge in [0.15, 0.2) is 0 Å². The van der Waals surface area contributed by atoms with E-state index >= 15 is 0 Å². The lowest BCUT2D eigenvalue weighted by Gasteiger charge is -2.34. The Hall–Kier alpha value is -1.89. The average Bonchev–Trinajstić information content (AvgIpc) is 2.48. The third kappa shape index (κ3) is 3.90. The van der Waals surface area contributed by atoms with Crippen LogP contribution in [0.3, 0.4) is 0 Å². The van der Waals surface area contributed by atoms with Gasteiger partial charge in [0.1, 0.15) is 5.82 Å². The minimum absolute atomic E-state index is 0.191. The SMILES string of the molecule is CC1CC(Nc2nc(N[C@H]3CC[C@H](O)CC3)ncc2C(N)=O)C1. The highest BCUT2D eigenvalue weighted by molar-refractivity contribution is 5.97. The molecular weight excluding hydrogens is 294 g/mol. The van der Waals surface area contributed by atoms with Crippen molar-refractivity contribution in [3.05, 3.63) is 11.8 Å². The molecule has 0 bridgehead atoms. The van der Waals surface area contributed by atoms with Gasteiger partial charge >= 0.3 is 0 Å². The second-order valence-corrected chi connectivity index (χ2v) is 6.89. The van der Waals surface area contributed by atoms with Gasteiger partial charge in [0, 0.05) is 18.3 Å². The zero-order valence-electron chi connectivity index (χ0n) is 13.5. The highest BCUT2D eigenvalue weighted by Gasteiger charge is 2.27. The van der Waals surface area contributed by atoms with E-state index in [1.807, 2.05) is 0 Å². The number of nitrogens with two attached hydrogens (primary N) is 1. The number of carbonyl (C=O) groups is 1. The van der Waals surface area contributed by atoms with Crippen LogP contribution in [0.15, 0.2) is 6.20 Å². The molecule has 5 N–H and O–H groups in total. The lowest BCUT2D eigenvalue weighted by molar-refractivity contribution is 0.1000. The smallest absolute Gasteiger partial charge is 0.254 e. The Balaban J connectivity index is 1.69. The van der Waals surface area contributed by atoms with E-state index in [1.54, 1.807) is 0 Å². The number of anilines is 2. The van der Waals surface area contributed by atoms with Crippen LogP contribution in [0.4, 0.5) is 11.8 Å². The number of aromatic nitrogens is 2. The molecule has 1 aromatic heterocycles. The molecule has 0 atom stereocenters. The van der Waals surface area contributed by atoms with E-state index in [9.17, 15) is 9.90 Å². The molecule has 0 aromatic carbocycles. The fourth-order valence-electron chi connectivity index (χ4n) is 3.36. The minimum Gasteiger partial charge on any atom is -0.393 e. The molecule has 0 radical (unpaired) electrons. The predicted octanol–water partition coefficient (Wildman–Crippen LogP) is 1.50. The highest BCUT2D eigenvalue weighted by atomic mass is 16.3. The maximum absolute atomic E-state index is 11.6. The summed E-state index contributed by atoms with van der Waals surface area (Å²) in [6.07, 6.45) is 6.82. The van der Waals surface area contributed by atoms with Crippen LogP contribution in [-0.4, -0.2) is 39.2 Å². The van der Waals surface area contributed by atoms with E-state index in [2.05, 4.69) is 27.5 Å². The molecule has 0 spiro atoms. The summed E-state index contributed by atoms with van der Waals surface area (Å²) >= 11 is 0. The Morgan fingerprint density at radius 2 is 1.91 bits per heavy atom. The molecule has 1 heterocycles. The maximum Gasteiger partial charge on any atom is 0.254 e. The molecule has 2 aliphatic carbocycles. The minimum atomic E-state index is -0.521. The molecule has 2 saturated carbocycles. The number of nitrogens with one attached hydrogen (secondary N) is 2. The van der Waals surface area contributed by atoms with Gasteiger partial charge in [0.05, 0.1) is 11.7 Å². The van der Waals surface area contributed by atoms with Crippen molar-refractivity contribution >= 4 is 17.7 Å². The number of nitrogens with zero attached hydrogens (tertiary/aromatic N) is 2. The van der Waals surface area contributed by atoms with Crippen molar-refractivity contribution in [2.24, 2.45) is 11.7 Å². The van der Waals surface area contributed by atoms with Crippen LogP contribution in [0.1, 0.15) is 55.8 Å². The van der Waals surface area contributed by atoms with Crippen molar-refractivity contribution in [1.82, 2.24) is 9.97 Å². The fraction of sp³-hybridized carbons (Fsp3) is 0.688. The van der Waals surface area contributed by atoms with Gasteiger partial charge in [-0.2, -0.15) is 4.98 Å². The summed E-state index contributed by atoms with van der Waals surface area (Å²) in [6.45, 7) is 2.21. The first-order valence-electron chi connectivity index (χ1n) is 8.39. The summed E-state index contributed by atoms with van der Waals surface area (Å²) in [7, 11) is 0. The molecule has 7 heteroatoms. The van der Waals surface area contributed by atoms with Crippen molar-refractivity contribution in [2.45, 2.75) is 63.6 Å². The second-order valence-electron chi connectivity index (χ2n) is 6.89. The second kappa shape index (κ2) is 6.70. The van der Waals surface area contributed by atoms with E-state index in [4.69, 9.17) is 5.73 Å². The number of carbonyl (C=O) groups excluding carboxylic acids is 1. The van der Waals surface area contributed by atoms with Crippen LogP contribution in [-0.2, 0) is 0 Å². The summed E-state index contributed by atoms with van der Waals surface area (Å²) in [4.78, 5) is 20.2. The molecule has 1 aromatic rings. The van der Waals surface area contributed by atoms with Crippen molar-refractivity contribution in [3.8, 4) is 0 Å². The molecule has 126 valence electrons. The zero-order valence-corrected chi connectivity index (χ0v) is 13.5. The molecule has 23 heavy (non-hydrogen) atoms. The number of aliphatic hydroxyl groups is 1. The third-order valence-corrected chi connectivity index (χ3v) is 4.80. The van der Waals surface area contributed by atoms with Crippen LogP contribution in [0.2, 0.25) is 0 Å². The topological polar surface area (TPSA) is 113 Å². The molecule has 0 unspecified atom stereocenters. The molecule has 2 aliphatic rings. The Morgan fingerprint density at radius 3 is 2.52 bits per heavy atom. The largest absolute Gasteiger partial charge is 0.393 e.